The van der Waals surface area contributed by atoms with E-state index in [9.17, 15) is 9.59 Å². The van der Waals surface area contributed by atoms with Crippen molar-refractivity contribution in [3.05, 3.63) is 44.5 Å². The molecule has 1 fully saturated rings. The number of ether oxygens (including phenoxy) is 1. The average molecular weight is 450 g/mol. The molecule has 0 radical (unpaired) electrons. The third-order valence-corrected chi connectivity index (χ3v) is 6.63. The van der Waals surface area contributed by atoms with Crippen LogP contribution in [-0.2, 0) is 22.5 Å². The lowest BCUT2D eigenvalue weighted by molar-refractivity contribution is -0.115. The van der Waals surface area contributed by atoms with E-state index >= 15 is 0 Å². The van der Waals surface area contributed by atoms with Crippen LogP contribution in [-0.4, -0.2) is 53.0 Å². The van der Waals surface area contributed by atoms with Gasteiger partial charge in [-0.2, -0.15) is 0 Å². The number of rotatable bonds is 7. The van der Waals surface area contributed by atoms with E-state index in [1.165, 1.54) is 34.0 Å². The van der Waals surface area contributed by atoms with Crippen molar-refractivity contribution in [1.29, 1.82) is 0 Å². The first-order valence-electron chi connectivity index (χ1n) is 8.99. The van der Waals surface area contributed by atoms with Gasteiger partial charge in [-0.05, 0) is 11.4 Å². The van der Waals surface area contributed by atoms with Gasteiger partial charge in [0, 0.05) is 30.4 Å². The first-order valence-corrected chi connectivity index (χ1v) is 11.6. The van der Waals surface area contributed by atoms with Crippen LogP contribution in [0.3, 0.4) is 0 Å². The van der Waals surface area contributed by atoms with Crippen molar-refractivity contribution in [3.63, 3.8) is 0 Å². The summed E-state index contributed by atoms with van der Waals surface area (Å²) in [6, 6.07) is 3.57. The summed E-state index contributed by atoms with van der Waals surface area (Å²) < 4.78 is 5.35. The van der Waals surface area contributed by atoms with E-state index in [1.54, 1.807) is 11.4 Å². The molecular weight excluding hydrogens is 430 g/mol. The molecular formula is C18H19N5O3S3. The normalized spacial score (nSPS) is 14.6. The Morgan fingerprint density at radius 1 is 1.03 bits per heavy atom. The summed E-state index contributed by atoms with van der Waals surface area (Å²) in [4.78, 5) is 36.1. The molecule has 0 atom stereocenters. The number of thiazole rings is 2. The number of nitrogens with zero attached hydrogens (tertiary/aromatic N) is 3. The molecule has 3 aromatic rings. The minimum absolute atomic E-state index is 0.129. The van der Waals surface area contributed by atoms with Crippen LogP contribution >= 0.6 is 34.0 Å². The molecule has 29 heavy (non-hydrogen) atoms. The van der Waals surface area contributed by atoms with Crippen LogP contribution in [0.4, 0.5) is 10.3 Å². The fraction of sp³-hybridized carbons (Fsp3) is 0.333. The molecule has 8 nitrogen and oxygen atoms in total. The third kappa shape index (κ3) is 5.67. The van der Waals surface area contributed by atoms with Gasteiger partial charge in [-0.1, -0.05) is 6.07 Å². The molecule has 4 rings (SSSR count). The van der Waals surface area contributed by atoms with E-state index in [0.29, 0.717) is 20.8 Å². The van der Waals surface area contributed by atoms with Gasteiger partial charge in [-0.25, -0.2) is 9.97 Å². The van der Waals surface area contributed by atoms with E-state index < -0.39 is 0 Å². The van der Waals surface area contributed by atoms with Crippen molar-refractivity contribution in [1.82, 2.24) is 14.9 Å². The second-order valence-electron chi connectivity index (χ2n) is 6.33. The number of hydrogen-bond acceptors (Lipinski definition) is 9. The SMILES string of the molecule is O=C(Cc1csc(NC(=O)c2cccs2)n1)Nc1nc(CN2CCOCC2)cs1. The molecule has 152 valence electrons. The number of nitrogens with one attached hydrogen (secondary N) is 2. The maximum absolute atomic E-state index is 12.3. The zero-order valence-electron chi connectivity index (χ0n) is 15.4. The molecule has 0 unspecified atom stereocenters. The number of morpholine rings is 1. The van der Waals surface area contributed by atoms with E-state index in [-0.39, 0.29) is 18.2 Å². The Morgan fingerprint density at radius 3 is 2.52 bits per heavy atom. The smallest absolute Gasteiger partial charge is 0.267 e. The van der Waals surface area contributed by atoms with Crippen molar-refractivity contribution < 1.29 is 14.3 Å². The number of aromatic nitrogens is 2. The summed E-state index contributed by atoms with van der Waals surface area (Å²) in [5.41, 5.74) is 1.55. The number of thiophene rings is 1. The predicted molar refractivity (Wildman–Crippen MR) is 115 cm³/mol. The fourth-order valence-electron chi connectivity index (χ4n) is 2.77. The molecule has 2 N–H and O–H groups in total. The van der Waals surface area contributed by atoms with Gasteiger partial charge in [0.05, 0.1) is 35.9 Å². The first kappa shape index (κ1) is 20.1. The van der Waals surface area contributed by atoms with Crippen LogP contribution in [0.25, 0.3) is 0 Å². The molecule has 1 saturated heterocycles. The molecule has 0 aliphatic carbocycles. The summed E-state index contributed by atoms with van der Waals surface area (Å²) in [6.07, 6.45) is 0.129. The average Bonchev–Trinajstić information content (AvgIpc) is 3.46. The first-order chi connectivity index (χ1) is 14.2. The molecule has 0 saturated carbocycles. The van der Waals surface area contributed by atoms with Gasteiger partial charge in [0.25, 0.3) is 5.91 Å². The Kier molecular flexibility index (Phi) is 6.62. The van der Waals surface area contributed by atoms with Gasteiger partial charge in [0.1, 0.15) is 0 Å². The van der Waals surface area contributed by atoms with Crippen molar-refractivity contribution in [3.8, 4) is 0 Å². The van der Waals surface area contributed by atoms with Crippen LogP contribution in [0.5, 0.6) is 0 Å². The van der Waals surface area contributed by atoms with E-state index in [0.717, 1.165) is 38.5 Å². The van der Waals surface area contributed by atoms with Crippen LogP contribution in [0.2, 0.25) is 0 Å². The Labute approximate surface area is 179 Å². The highest BCUT2D eigenvalue weighted by Gasteiger charge is 2.15. The lowest BCUT2D eigenvalue weighted by Gasteiger charge is -2.25. The van der Waals surface area contributed by atoms with E-state index in [2.05, 4.69) is 25.5 Å². The second-order valence-corrected chi connectivity index (χ2v) is 9.00. The minimum Gasteiger partial charge on any atom is -0.379 e. The predicted octanol–water partition coefficient (Wildman–Crippen LogP) is 2.93. The Bertz CT molecular complexity index is 963. The highest BCUT2D eigenvalue weighted by Crippen LogP contribution is 2.20. The Morgan fingerprint density at radius 2 is 1.76 bits per heavy atom. The van der Waals surface area contributed by atoms with Crippen molar-refractivity contribution >= 4 is 56.1 Å². The van der Waals surface area contributed by atoms with Crippen LogP contribution in [0.15, 0.2) is 28.3 Å². The molecule has 1 aliphatic rings. The molecule has 1 aliphatic heterocycles. The molecule has 2 amide bonds. The quantitative estimate of drug-likeness (QED) is 0.576. The summed E-state index contributed by atoms with van der Waals surface area (Å²) >= 11 is 4.08. The lowest BCUT2D eigenvalue weighted by Crippen LogP contribution is -2.35. The van der Waals surface area contributed by atoms with Crippen LogP contribution in [0, 0.1) is 0 Å². The van der Waals surface area contributed by atoms with Gasteiger partial charge in [-0.3, -0.25) is 19.8 Å². The number of carbonyl (C=O) groups excluding carboxylic acids is 2. The number of hydrogen-bond donors (Lipinski definition) is 2. The molecule has 11 heteroatoms. The second kappa shape index (κ2) is 9.55. The lowest BCUT2D eigenvalue weighted by atomic mass is 10.3. The number of carbonyl (C=O) groups is 2. The van der Waals surface area contributed by atoms with Crippen molar-refractivity contribution in [2.75, 3.05) is 36.9 Å². The largest absolute Gasteiger partial charge is 0.379 e. The van der Waals surface area contributed by atoms with Gasteiger partial charge < -0.3 is 10.1 Å². The van der Waals surface area contributed by atoms with Gasteiger partial charge in [0.2, 0.25) is 5.91 Å². The van der Waals surface area contributed by atoms with Crippen LogP contribution < -0.4 is 10.6 Å². The maximum atomic E-state index is 12.3. The standard InChI is InChI=1S/C18H19N5O3S3/c24-15(21-17-20-13(11-29-17)9-23-3-5-26-6-4-23)8-12-10-28-18(19-12)22-16(25)14-2-1-7-27-14/h1-2,7,10-11H,3-6,8-9H2,(H,19,22,25)(H,20,21,24). The fourth-order valence-corrected chi connectivity index (χ4v) is 4.81. The zero-order valence-corrected chi connectivity index (χ0v) is 17.9. The zero-order chi connectivity index (χ0) is 20.1. The number of anilines is 2. The topological polar surface area (TPSA) is 96.5 Å². The van der Waals surface area contributed by atoms with Gasteiger partial charge in [-0.15, -0.1) is 34.0 Å². The summed E-state index contributed by atoms with van der Waals surface area (Å²) in [7, 11) is 0. The minimum atomic E-state index is -0.194. The molecule has 0 aromatic carbocycles. The monoisotopic (exact) mass is 449 g/mol. The van der Waals surface area contributed by atoms with E-state index in [4.69, 9.17) is 4.74 Å². The summed E-state index contributed by atoms with van der Waals surface area (Å²) in [5, 5.41) is 12.2. The third-order valence-electron chi connectivity index (χ3n) is 4.15. The highest BCUT2D eigenvalue weighted by molar-refractivity contribution is 7.14. The van der Waals surface area contributed by atoms with Gasteiger partial charge >= 0.3 is 0 Å². The van der Waals surface area contributed by atoms with Crippen LogP contribution in [0.1, 0.15) is 21.1 Å². The van der Waals surface area contributed by atoms with E-state index in [1.807, 2.05) is 16.8 Å². The van der Waals surface area contributed by atoms with Crippen molar-refractivity contribution in [2.45, 2.75) is 13.0 Å². The molecule has 3 aromatic heterocycles. The molecule has 0 bridgehead atoms. The number of amides is 2. The highest BCUT2D eigenvalue weighted by atomic mass is 32.1. The van der Waals surface area contributed by atoms with Crippen molar-refractivity contribution in [2.24, 2.45) is 0 Å². The Balaban J connectivity index is 1.26. The summed E-state index contributed by atoms with van der Waals surface area (Å²) in [5.74, 6) is -0.375. The Hall–Kier alpha value is -2.18. The van der Waals surface area contributed by atoms with Gasteiger partial charge in [0.15, 0.2) is 10.3 Å². The molecule has 4 heterocycles. The maximum Gasteiger partial charge on any atom is 0.267 e. The summed E-state index contributed by atoms with van der Waals surface area (Å²) in [6.45, 7) is 4.05. The molecule has 0 spiro atoms.